The highest BCUT2D eigenvalue weighted by atomic mass is 19.1. The van der Waals surface area contributed by atoms with Gasteiger partial charge in [-0.3, -0.25) is 0 Å². The predicted octanol–water partition coefficient (Wildman–Crippen LogP) is 3.33. The molecule has 1 N–H and O–H groups in total. The molecule has 2 aromatic carbocycles. The quantitative estimate of drug-likeness (QED) is 0.928. The third kappa shape index (κ3) is 3.14. The molecule has 0 saturated carbocycles. The summed E-state index contributed by atoms with van der Waals surface area (Å²) in [6.07, 6.45) is -0.827. The van der Waals surface area contributed by atoms with Gasteiger partial charge in [0.05, 0.1) is 17.7 Å². The average Bonchev–Trinajstić information content (AvgIpc) is 2.46. The minimum Gasteiger partial charge on any atom is -0.488 e. The van der Waals surface area contributed by atoms with Crippen molar-refractivity contribution in [1.82, 2.24) is 0 Å². The van der Waals surface area contributed by atoms with Crippen molar-refractivity contribution in [3.63, 3.8) is 0 Å². The highest BCUT2D eigenvalue weighted by Crippen LogP contribution is 2.27. The number of aliphatic hydroxyl groups is 1. The number of aliphatic hydroxyl groups excluding tert-OH is 1. The molecule has 20 heavy (non-hydrogen) atoms. The molecule has 0 aliphatic carbocycles. The Morgan fingerprint density at radius 3 is 2.75 bits per heavy atom. The minimum atomic E-state index is -0.827. The maximum absolute atomic E-state index is 13.2. The maximum atomic E-state index is 13.2. The van der Waals surface area contributed by atoms with Crippen LogP contribution in [0.1, 0.15) is 29.7 Å². The van der Waals surface area contributed by atoms with E-state index in [1.54, 1.807) is 25.1 Å². The summed E-state index contributed by atoms with van der Waals surface area (Å²) in [5, 5.41) is 18.6. The van der Waals surface area contributed by atoms with Gasteiger partial charge in [0, 0.05) is 11.1 Å². The van der Waals surface area contributed by atoms with Crippen LogP contribution in [0, 0.1) is 17.1 Å². The first kappa shape index (κ1) is 14.0. The second kappa shape index (κ2) is 6.18. The molecule has 0 heterocycles. The zero-order valence-corrected chi connectivity index (χ0v) is 11.0. The van der Waals surface area contributed by atoms with E-state index < -0.39 is 11.9 Å². The SMILES string of the molecule is CC(O)c1cc(F)ccc1OCc1ccccc1C#N. The van der Waals surface area contributed by atoms with Crippen LogP contribution in [0.3, 0.4) is 0 Å². The second-order valence-electron chi connectivity index (χ2n) is 4.42. The van der Waals surface area contributed by atoms with Crippen molar-refractivity contribution in [2.75, 3.05) is 0 Å². The van der Waals surface area contributed by atoms with E-state index in [9.17, 15) is 9.50 Å². The van der Waals surface area contributed by atoms with Crippen LogP contribution < -0.4 is 4.74 Å². The summed E-state index contributed by atoms with van der Waals surface area (Å²) in [4.78, 5) is 0. The van der Waals surface area contributed by atoms with Crippen molar-refractivity contribution in [2.45, 2.75) is 19.6 Å². The van der Waals surface area contributed by atoms with Crippen molar-refractivity contribution in [1.29, 1.82) is 5.26 Å². The Morgan fingerprint density at radius 2 is 2.05 bits per heavy atom. The summed E-state index contributed by atoms with van der Waals surface area (Å²) in [5.41, 5.74) is 1.67. The zero-order chi connectivity index (χ0) is 14.5. The summed E-state index contributed by atoms with van der Waals surface area (Å²) >= 11 is 0. The molecule has 0 aromatic heterocycles. The molecule has 0 radical (unpaired) electrons. The first-order valence-electron chi connectivity index (χ1n) is 6.20. The Labute approximate surface area is 116 Å². The Balaban J connectivity index is 2.21. The molecule has 0 aliphatic heterocycles. The topological polar surface area (TPSA) is 53.2 Å². The van der Waals surface area contributed by atoms with E-state index in [0.717, 1.165) is 5.56 Å². The molecule has 2 aromatic rings. The average molecular weight is 271 g/mol. The fourth-order valence-electron chi connectivity index (χ4n) is 1.89. The van der Waals surface area contributed by atoms with Crippen molar-refractivity contribution < 1.29 is 14.2 Å². The smallest absolute Gasteiger partial charge is 0.125 e. The Morgan fingerprint density at radius 1 is 1.30 bits per heavy atom. The summed E-state index contributed by atoms with van der Waals surface area (Å²) < 4.78 is 18.8. The molecule has 2 rings (SSSR count). The number of rotatable bonds is 4. The van der Waals surface area contributed by atoms with Crippen LogP contribution in [0.5, 0.6) is 5.75 Å². The number of hydrogen-bond acceptors (Lipinski definition) is 3. The molecule has 0 aliphatic rings. The number of ether oxygens (including phenoxy) is 1. The fourth-order valence-corrected chi connectivity index (χ4v) is 1.89. The highest BCUT2D eigenvalue weighted by Gasteiger charge is 2.11. The molecule has 1 atom stereocenters. The largest absolute Gasteiger partial charge is 0.488 e. The van der Waals surface area contributed by atoms with Crippen LogP contribution in [0.15, 0.2) is 42.5 Å². The monoisotopic (exact) mass is 271 g/mol. The van der Waals surface area contributed by atoms with Crippen molar-refractivity contribution in [3.05, 3.63) is 65.0 Å². The van der Waals surface area contributed by atoms with E-state index >= 15 is 0 Å². The predicted molar refractivity (Wildman–Crippen MR) is 72.5 cm³/mol. The van der Waals surface area contributed by atoms with E-state index in [1.165, 1.54) is 18.2 Å². The second-order valence-corrected chi connectivity index (χ2v) is 4.42. The van der Waals surface area contributed by atoms with Crippen LogP contribution in [0.4, 0.5) is 4.39 Å². The van der Waals surface area contributed by atoms with Gasteiger partial charge in [-0.1, -0.05) is 18.2 Å². The molecule has 0 saturated heterocycles. The molecule has 0 bridgehead atoms. The standard InChI is InChI=1S/C16H14FNO2/c1-11(19)15-8-14(17)6-7-16(15)20-10-13-5-3-2-4-12(13)9-18/h2-8,11,19H,10H2,1H3. The Kier molecular flexibility index (Phi) is 4.34. The molecular weight excluding hydrogens is 257 g/mol. The fraction of sp³-hybridized carbons (Fsp3) is 0.188. The summed E-state index contributed by atoms with van der Waals surface area (Å²) in [6.45, 7) is 1.74. The lowest BCUT2D eigenvalue weighted by Crippen LogP contribution is -2.03. The van der Waals surface area contributed by atoms with Gasteiger partial charge < -0.3 is 9.84 Å². The maximum Gasteiger partial charge on any atom is 0.125 e. The van der Waals surface area contributed by atoms with Crippen LogP contribution in [0.25, 0.3) is 0 Å². The highest BCUT2D eigenvalue weighted by molar-refractivity contribution is 5.39. The van der Waals surface area contributed by atoms with E-state index in [1.807, 2.05) is 6.07 Å². The van der Waals surface area contributed by atoms with Gasteiger partial charge in [0.25, 0.3) is 0 Å². The lowest BCUT2D eigenvalue weighted by molar-refractivity contribution is 0.189. The number of nitrogens with zero attached hydrogens (tertiary/aromatic N) is 1. The first-order valence-corrected chi connectivity index (χ1v) is 6.20. The molecule has 1 unspecified atom stereocenters. The molecule has 0 fully saturated rings. The van der Waals surface area contributed by atoms with E-state index in [4.69, 9.17) is 10.00 Å². The van der Waals surface area contributed by atoms with Gasteiger partial charge in [0.2, 0.25) is 0 Å². The van der Waals surface area contributed by atoms with Crippen molar-refractivity contribution in [2.24, 2.45) is 0 Å². The van der Waals surface area contributed by atoms with Gasteiger partial charge in [-0.25, -0.2) is 4.39 Å². The van der Waals surface area contributed by atoms with Crippen molar-refractivity contribution >= 4 is 0 Å². The van der Waals surface area contributed by atoms with Crippen LogP contribution in [-0.4, -0.2) is 5.11 Å². The number of halogens is 1. The van der Waals surface area contributed by atoms with E-state index in [-0.39, 0.29) is 6.61 Å². The normalized spacial score (nSPS) is 11.7. The third-order valence-electron chi connectivity index (χ3n) is 2.94. The molecule has 102 valence electrons. The van der Waals surface area contributed by atoms with Gasteiger partial charge >= 0.3 is 0 Å². The number of benzene rings is 2. The Bertz CT molecular complexity index is 647. The molecular formula is C16H14FNO2. The summed E-state index contributed by atoms with van der Waals surface area (Å²) in [5.74, 6) is -0.0141. The summed E-state index contributed by atoms with van der Waals surface area (Å²) in [6, 6.07) is 13.2. The lowest BCUT2D eigenvalue weighted by Gasteiger charge is -2.14. The van der Waals surface area contributed by atoms with Crippen LogP contribution in [0.2, 0.25) is 0 Å². The van der Waals surface area contributed by atoms with Crippen LogP contribution >= 0.6 is 0 Å². The lowest BCUT2D eigenvalue weighted by atomic mass is 10.1. The molecule has 0 amide bonds. The summed E-state index contributed by atoms with van der Waals surface area (Å²) in [7, 11) is 0. The molecule has 4 heteroatoms. The molecule has 3 nitrogen and oxygen atoms in total. The van der Waals surface area contributed by atoms with Gasteiger partial charge in [-0.15, -0.1) is 0 Å². The van der Waals surface area contributed by atoms with Gasteiger partial charge in [-0.2, -0.15) is 5.26 Å². The van der Waals surface area contributed by atoms with Crippen molar-refractivity contribution in [3.8, 4) is 11.8 Å². The van der Waals surface area contributed by atoms with Gasteiger partial charge in [0.15, 0.2) is 0 Å². The van der Waals surface area contributed by atoms with Gasteiger partial charge in [0.1, 0.15) is 18.2 Å². The van der Waals surface area contributed by atoms with E-state index in [2.05, 4.69) is 6.07 Å². The Hall–Kier alpha value is -2.38. The van der Waals surface area contributed by atoms with Gasteiger partial charge in [-0.05, 0) is 31.2 Å². The third-order valence-corrected chi connectivity index (χ3v) is 2.94. The minimum absolute atomic E-state index is 0.190. The van der Waals surface area contributed by atoms with E-state index in [0.29, 0.717) is 16.9 Å². The van der Waals surface area contributed by atoms with Crippen LogP contribution in [-0.2, 0) is 6.61 Å². The first-order chi connectivity index (χ1) is 9.61. The zero-order valence-electron chi connectivity index (χ0n) is 11.0. The number of nitriles is 1. The molecule has 0 spiro atoms. The number of hydrogen-bond donors (Lipinski definition) is 1.